The van der Waals surface area contributed by atoms with Gasteiger partial charge in [0.2, 0.25) is 0 Å². The van der Waals surface area contributed by atoms with Crippen LogP contribution >= 0.6 is 0 Å². The first-order chi connectivity index (χ1) is 10.9. The van der Waals surface area contributed by atoms with Gasteiger partial charge in [-0.2, -0.15) is 0 Å². The van der Waals surface area contributed by atoms with Crippen molar-refractivity contribution in [3.05, 3.63) is 0 Å². The molecule has 0 atom stereocenters. The lowest BCUT2D eigenvalue weighted by atomic mass is 10.0. The smallest absolute Gasteiger partial charge is 0.101 e. The summed E-state index contributed by atoms with van der Waals surface area (Å²) < 4.78 is 5.40. The Labute approximate surface area is 140 Å². The van der Waals surface area contributed by atoms with E-state index in [1.54, 1.807) is 4.90 Å². The van der Waals surface area contributed by atoms with Crippen LogP contribution in [0.25, 0.3) is 0 Å². The largest absolute Gasteiger partial charge is 0.370 e. The number of morpholine rings is 1. The predicted molar refractivity (Wildman–Crippen MR) is 96.7 cm³/mol. The molecule has 22 heavy (non-hydrogen) atoms. The fourth-order valence-electron chi connectivity index (χ4n) is 3.48. The number of unbranched alkanes of at least 4 members (excludes halogenated alkanes) is 13. The van der Waals surface area contributed by atoms with E-state index in [2.05, 4.69) is 6.92 Å². The standard InChI is InChI=1S/C20H41NO/c1-2-3-4-5-6-7-8-9-10-11-12-13-14-15-16-21-17-19-22-20-18-21/h2-20H2,1H3/p+1. The van der Waals surface area contributed by atoms with Gasteiger partial charge in [-0.05, 0) is 12.8 Å². The molecular weight excluding hydrogens is 270 g/mol. The minimum absolute atomic E-state index is 0.980. The lowest BCUT2D eigenvalue weighted by Crippen LogP contribution is -3.14. The number of rotatable bonds is 15. The van der Waals surface area contributed by atoms with E-state index in [-0.39, 0.29) is 0 Å². The maximum absolute atomic E-state index is 5.40. The maximum atomic E-state index is 5.40. The van der Waals surface area contributed by atoms with Gasteiger partial charge in [-0.25, -0.2) is 0 Å². The molecule has 0 aromatic carbocycles. The van der Waals surface area contributed by atoms with Crippen LogP contribution in [0.15, 0.2) is 0 Å². The fourth-order valence-corrected chi connectivity index (χ4v) is 3.48. The first-order valence-electron chi connectivity index (χ1n) is 10.3. The summed E-state index contributed by atoms with van der Waals surface area (Å²) in [4.78, 5) is 1.77. The summed E-state index contributed by atoms with van der Waals surface area (Å²) in [5.41, 5.74) is 0. The summed E-state index contributed by atoms with van der Waals surface area (Å²) in [6.45, 7) is 8.10. The molecule has 0 aliphatic carbocycles. The molecule has 0 aromatic rings. The Morgan fingerprint density at radius 2 is 1.00 bits per heavy atom. The number of hydrogen-bond donors (Lipinski definition) is 1. The van der Waals surface area contributed by atoms with Crippen molar-refractivity contribution in [1.82, 2.24) is 0 Å². The van der Waals surface area contributed by atoms with E-state index < -0.39 is 0 Å². The van der Waals surface area contributed by atoms with E-state index in [0.717, 1.165) is 13.2 Å². The highest BCUT2D eigenvalue weighted by Gasteiger charge is 2.12. The van der Waals surface area contributed by atoms with E-state index in [1.165, 1.54) is 110 Å². The van der Waals surface area contributed by atoms with Gasteiger partial charge in [0.15, 0.2) is 0 Å². The van der Waals surface area contributed by atoms with Crippen LogP contribution in [0, 0.1) is 0 Å². The van der Waals surface area contributed by atoms with Gasteiger partial charge in [0.05, 0.1) is 19.8 Å². The maximum Gasteiger partial charge on any atom is 0.101 e. The Morgan fingerprint density at radius 1 is 0.591 bits per heavy atom. The summed E-state index contributed by atoms with van der Waals surface area (Å²) in [6.07, 6.45) is 20.4. The molecule has 1 saturated heterocycles. The molecule has 0 unspecified atom stereocenters. The summed E-state index contributed by atoms with van der Waals surface area (Å²) in [5.74, 6) is 0. The van der Waals surface area contributed by atoms with Gasteiger partial charge in [-0.3, -0.25) is 0 Å². The third-order valence-corrected chi connectivity index (χ3v) is 5.08. The summed E-state index contributed by atoms with van der Waals surface area (Å²) in [6, 6.07) is 0. The van der Waals surface area contributed by atoms with Crippen molar-refractivity contribution in [3.63, 3.8) is 0 Å². The van der Waals surface area contributed by atoms with Crippen molar-refractivity contribution in [3.8, 4) is 0 Å². The molecule has 0 amide bonds. The molecule has 0 saturated carbocycles. The zero-order chi connectivity index (χ0) is 15.7. The first kappa shape index (κ1) is 20.0. The molecule has 0 aromatic heterocycles. The number of nitrogens with one attached hydrogen (secondary N) is 1. The Hall–Kier alpha value is -0.0800. The Kier molecular flexibility index (Phi) is 14.3. The Morgan fingerprint density at radius 3 is 1.45 bits per heavy atom. The molecule has 132 valence electrons. The molecule has 2 nitrogen and oxygen atoms in total. The van der Waals surface area contributed by atoms with E-state index in [4.69, 9.17) is 4.74 Å². The second kappa shape index (κ2) is 15.8. The SMILES string of the molecule is CCCCCCCCCCCCCCCC[NH+]1CCOCC1. The topological polar surface area (TPSA) is 13.7 Å². The van der Waals surface area contributed by atoms with Gasteiger partial charge in [0, 0.05) is 0 Å². The monoisotopic (exact) mass is 312 g/mol. The third-order valence-electron chi connectivity index (χ3n) is 5.08. The van der Waals surface area contributed by atoms with E-state index in [9.17, 15) is 0 Å². The number of ether oxygens (including phenoxy) is 1. The second-order valence-electron chi connectivity index (χ2n) is 7.21. The van der Waals surface area contributed by atoms with Gasteiger partial charge in [-0.1, -0.05) is 84.0 Å². The molecule has 0 spiro atoms. The molecule has 0 radical (unpaired) electrons. The van der Waals surface area contributed by atoms with Crippen LogP contribution < -0.4 is 4.90 Å². The van der Waals surface area contributed by atoms with E-state index in [1.807, 2.05) is 0 Å². The molecular formula is C20H42NO+. The zero-order valence-electron chi connectivity index (χ0n) is 15.3. The number of hydrogen-bond acceptors (Lipinski definition) is 1. The van der Waals surface area contributed by atoms with Crippen molar-refractivity contribution in [2.75, 3.05) is 32.8 Å². The lowest BCUT2D eigenvalue weighted by molar-refractivity contribution is -0.908. The molecule has 1 rings (SSSR count). The van der Waals surface area contributed by atoms with E-state index >= 15 is 0 Å². The van der Waals surface area contributed by atoms with Crippen LogP contribution in [0.4, 0.5) is 0 Å². The minimum atomic E-state index is 0.980. The van der Waals surface area contributed by atoms with Crippen molar-refractivity contribution in [2.24, 2.45) is 0 Å². The fraction of sp³-hybridized carbons (Fsp3) is 1.00. The predicted octanol–water partition coefficient (Wildman–Crippen LogP) is 4.38. The van der Waals surface area contributed by atoms with Crippen molar-refractivity contribution < 1.29 is 9.64 Å². The van der Waals surface area contributed by atoms with Crippen LogP contribution in [0.2, 0.25) is 0 Å². The highest BCUT2D eigenvalue weighted by atomic mass is 16.5. The van der Waals surface area contributed by atoms with Crippen LogP contribution in [-0.4, -0.2) is 32.8 Å². The quantitative estimate of drug-likeness (QED) is 0.443. The van der Waals surface area contributed by atoms with Crippen LogP contribution in [0.5, 0.6) is 0 Å². The third kappa shape index (κ3) is 12.5. The average Bonchev–Trinajstić information content (AvgIpc) is 2.56. The molecule has 1 heterocycles. The zero-order valence-corrected chi connectivity index (χ0v) is 15.3. The average molecular weight is 313 g/mol. The van der Waals surface area contributed by atoms with Gasteiger partial charge < -0.3 is 9.64 Å². The van der Waals surface area contributed by atoms with E-state index in [0.29, 0.717) is 0 Å². The highest BCUT2D eigenvalue weighted by Crippen LogP contribution is 2.12. The van der Waals surface area contributed by atoms with Gasteiger partial charge in [-0.15, -0.1) is 0 Å². The molecule has 1 fully saturated rings. The molecule has 0 bridgehead atoms. The summed E-state index contributed by atoms with van der Waals surface area (Å²) in [7, 11) is 0. The normalized spacial score (nSPS) is 16.2. The summed E-state index contributed by atoms with van der Waals surface area (Å²) in [5, 5.41) is 0. The van der Waals surface area contributed by atoms with Gasteiger partial charge >= 0.3 is 0 Å². The van der Waals surface area contributed by atoms with Gasteiger partial charge in [0.1, 0.15) is 13.1 Å². The molecule has 1 aliphatic heterocycles. The lowest BCUT2D eigenvalue weighted by Gasteiger charge is -2.23. The number of quaternary nitrogens is 1. The first-order valence-corrected chi connectivity index (χ1v) is 10.3. The van der Waals surface area contributed by atoms with Crippen molar-refractivity contribution in [1.29, 1.82) is 0 Å². The second-order valence-corrected chi connectivity index (χ2v) is 7.21. The van der Waals surface area contributed by atoms with Gasteiger partial charge in [0.25, 0.3) is 0 Å². The summed E-state index contributed by atoms with van der Waals surface area (Å²) >= 11 is 0. The van der Waals surface area contributed by atoms with Crippen LogP contribution in [-0.2, 0) is 4.74 Å². The van der Waals surface area contributed by atoms with Crippen molar-refractivity contribution >= 4 is 0 Å². The molecule has 1 N–H and O–H groups in total. The molecule has 1 aliphatic rings. The Balaban J connectivity index is 1.68. The minimum Gasteiger partial charge on any atom is -0.370 e. The van der Waals surface area contributed by atoms with Crippen LogP contribution in [0.1, 0.15) is 96.8 Å². The Bertz CT molecular complexity index is 214. The molecule has 2 heteroatoms. The van der Waals surface area contributed by atoms with Crippen molar-refractivity contribution in [2.45, 2.75) is 96.8 Å². The highest BCUT2D eigenvalue weighted by molar-refractivity contribution is 4.49. The van der Waals surface area contributed by atoms with Crippen LogP contribution in [0.3, 0.4) is 0 Å².